The lowest BCUT2D eigenvalue weighted by Crippen LogP contribution is -2.09. The number of pyridine rings is 1. The molecule has 2 aromatic heterocycles. The fourth-order valence-electron chi connectivity index (χ4n) is 4.10. The molecule has 1 aliphatic carbocycles. The number of nitrogens with one attached hydrogen (secondary N) is 1. The minimum atomic E-state index is -3.20. The number of hydrogen-bond donors (Lipinski definition) is 1. The van der Waals surface area contributed by atoms with Gasteiger partial charge in [-0.15, -0.1) is 0 Å². The summed E-state index contributed by atoms with van der Waals surface area (Å²) in [4.78, 5) is 12.9. The van der Waals surface area contributed by atoms with Crippen molar-refractivity contribution in [3.05, 3.63) is 66.2 Å². The molecule has 3 aromatic rings. The van der Waals surface area contributed by atoms with Gasteiger partial charge in [-0.3, -0.25) is 4.98 Å². The third-order valence-corrected chi connectivity index (χ3v) is 6.75. The maximum Gasteiger partial charge on any atom is 0.175 e. The molecule has 2 heterocycles. The molecule has 6 heteroatoms. The average Bonchev–Trinajstić information content (AvgIpc) is 3.38. The van der Waals surface area contributed by atoms with Crippen molar-refractivity contribution in [2.24, 2.45) is 5.92 Å². The number of imidazole rings is 1. The summed E-state index contributed by atoms with van der Waals surface area (Å²) >= 11 is 0. The van der Waals surface area contributed by atoms with Gasteiger partial charge in [0.2, 0.25) is 0 Å². The van der Waals surface area contributed by atoms with Gasteiger partial charge in [0, 0.05) is 18.4 Å². The molecule has 4 rings (SSSR count). The predicted molar refractivity (Wildman–Crippen MR) is 110 cm³/mol. The minimum absolute atomic E-state index is 0.120. The molecule has 1 atom stereocenters. The lowest BCUT2D eigenvalue weighted by Gasteiger charge is -2.19. The van der Waals surface area contributed by atoms with E-state index in [1.165, 1.54) is 31.9 Å². The zero-order valence-corrected chi connectivity index (χ0v) is 16.8. The van der Waals surface area contributed by atoms with Gasteiger partial charge >= 0.3 is 0 Å². The number of sulfone groups is 1. The van der Waals surface area contributed by atoms with Gasteiger partial charge in [-0.1, -0.05) is 43.9 Å². The highest BCUT2D eigenvalue weighted by Crippen LogP contribution is 2.37. The van der Waals surface area contributed by atoms with E-state index in [-0.39, 0.29) is 5.92 Å². The lowest BCUT2D eigenvalue weighted by atomic mass is 9.87. The highest BCUT2D eigenvalue weighted by atomic mass is 32.2. The van der Waals surface area contributed by atoms with Crippen LogP contribution in [0.3, 0.4) is 0 Å². The SMILES string of the molecule is CS(=O)(=O)c1ccc(C(CC2CCCC2)c2ncc(-c3ccccn3)[nH]2)cc1. The zero-order valence-electron chi connectivity index (χ0n) is 16.0. The Labute approximate surface area is 166 Å². The van der Waals surface area contributed by atoms with Crippen LogP contribution in [0.2, 0.25) is 0 Å². The van der Waals surface area contributed by atoms with Crippen LogP contribution in [0.15, 0.2) is 59.8 Å². The summed E-state index contributed by atoms with van der Waals surface area (Å²) in [7, 11) is -3.20. The van der Waals surface area contributed by atoms with Crippen LogP contribution < -0.4 is 0 Å². The average molecular weight is 396 g/mol. The van der Waals surface area contributed by atoms with E-state index in [1.54, 1.807) is 18.3 Å². The Balaban J connectivity index is 1.67. The zero-order chi connectivity index (χ0) is 19.6. The van der Waals surface area contributed by atoms with Crippen LogP contribution in [0.1, 0.15) is 49.4 Å². The van der Waals surface area contributed by atoms with E-state index < -0.39 is 9.84 Å². The van der Waals surface area contributed by atoms with Crippen LogP contribution in [-0.2, 0) is 9.84 Å². The van der Waals surface area contributed by atoms with Gasteiger partial charge in [0.25, 0.3) is 0 Å². The molecule has 1 unspecified atom stereocenters. The normalized spacial score (nSPS) is 16.3. The molecule has 0 bridgehead atoms. The minimum Gasteiger partial charge on any atom is -0.340 e. The molecular formula is C22H25N3O2S. The molecule has 0 aliphatic heterocycles. The molecule has 1 N–H and O–H groups in total. The number of hydrogen-bond acceptors (Lipinski definition) is 4. The van der Waals surface area contributed by atoms with Crippen molar-refractivity contribution in [1.29, 1.82) is 0 Å². The number of rotatable bonds is 6. The van der Waals surface area contributed by atoms with E-state index in [0.29, 0.717) is 10.8 Å². The first kappa shape index (κ1) is 18.9. The summed E-state index contributed by atoms with van der Waals surface area (Å²) in [6, 6.07) is 13.1. The summed E-state index contributed by atoms with van der Waals surface area (Å²) in [6.45, 7) is 0. The van der Waals surface area contributed by atoms with Gasteiger partial charge < -0.3 is 4.98 Å². The summed E-state index contributed by atoms with van der Waals surface area (Å²) in [5.74, 6) is 1.72. The molecule has 0 saturated heterocycles. The number of aromatic amines is 1. The maximum absolute atomic E-state index is 11.8. The van der Waals surface area contributed by atoms with Gasteiger partial charge in [0.15, 0.2) is 9.84 Å². The largest absolute Gasteiger partial charge is 0.340 e. The molecule has 28 heavy (non-hydrogen) atoms. The van der Waals surface area contributed by atoms with E-state index in [4.69, 9.17) is 0 Å². The summed E-state index contributed by atoms with van der Waals surface area (Å²) in [6.07, 6.45) is 11.0. The van der Waals surface area contributed by atoms with Gasteiger partial charge in [-0.2, -0.15) is 0 Å². The van der Waals surface area contributed by atoms with Crippen molar-refractivity contribution in [3.63, 3.8) is 0 Å². The Morgan fingerprint density at radius 1 is 1.07 bits per heavy atom. The molecule has 1 saturated carbocycles. The molecule has 1 aromatic carbocycles. The smallest absolute Gasteiger partial charge is 0.175 e. The lowest BCUT2D eigenvalue weighted by molar-refractivity contribution is 0.465. The van der Waals surface area contributed by atoms with E-state index in [1.807, 2.05) is 36.5 Å². The summed E-state index contributed by atoms with van der Waals surface area (Å²) in [5, 5.41) is 0. The van der Waals surface area contributed by atoms with Crippen molar-refractivity contribution in [2.45, 2.75) is 42.9 Å². The van der Waals surface area contributed by atoms with E-state index in [0.717, 1.165) is 29.2 Å². The Bertz CT molecular complexity index is 1020. The number of H-pyrrole nitrogens is 1. The van der Waals surface area contributed by atoms with Gasteiger partial charge in [0.1, 0.15) is 5.82 Å². The first-order valence-electron chi connectivity index (χ1n) is 9.77. The Kier molecular flexibility index (Phi) is 5.31. The third kappa shape index (κ3) is 4.17. The topological polar surface area (TPSA) is 75.7 Å². The third-order valence-electron chi connectivity index (χ3n) is 5.62. The Hall–Kier alpha value is -2.47. The van der Waals surface area contributed by atoms with Crippen LogP contribution in [0.25, 0.3) is 11.4 Å². The highest BCUT2D eigenvalue weighted by molar-refractivity contribution is 7.90. The Morgan fingerprint density at radius 2 is 1.82 bits per heavy atom. The Morgan fingerprint density at radius 3 is 2.46 bits per heavy atom. The van der Waals surface area contributed by atoms with Crippen LogP contribution in [0, 0.1) is 5.92 Å². The molecule has 1 aliphatic rings. The molecule has 0 radical (unpaired) electrons. The van der Waals surface area contributed by atoms with E-state index >= 15 is 0 Å². The van der Waals surface area contributed by atoms with E-state index in [9.17, 15) is 8.42 Å². The van der Waals surface area contributed by atoms with Crippen molar-refractivity contribution < 1.29 is 8.42 Å². The first-order valence-corrected chi connectivity index (χ1v) is 11.7. The molecule has 5 nitrogen and oxygen atoms in total. The second-order valence-electron chi connectivity index (χ2n) is 7.68. The predicted octanol–water partition coefficient (Wildman–Crippen LogP) is 4.59. The quantitative estimate of drug-likeness (QED) is 0.662. The van der Waals surface area contributed by atoms with Crippen molar-refractivity contribution >= 4 is 9.84 Å². The van der Waals surface area contributed by atoms with Crippen LogP contribution in [-0.4, -0.2) is 29.6 Å². The van der Waals surface area contributed by atoms with Crippen LogP contribution in [0.5, 0.6) is 0 Å². The standard InChI is InChI=1S/C22H25N3O2S/c1-28(26,27)18-11-9-17(10-12-18)19(14-16-6-2-3-7-16)22-24-15-21(25-22)20-8-4-5-13-23-20/h4-5,8-13,15-16,19H,2-3,6-7,14H2,1H3,(H,24,25). The first-order chi connectivity index (χ1) is 13.5. The van der Waals surface area contributed by atoms with Crippen LogP contribution >= 0.6 is 0 Å². The van der Waals surface area contributed by atoms with E-state index in [2.05, 4.69) is 15.0 Å². The second kappa shape index (κ2) is 7.87. The maximum atomic E-state index is 11.8. The fourth-order valence-corrected chi connectivity index (χ4v) is 4.73. The molecule has 0 spiro atoms. The van der Waals surface area contributed by atoms with Gasteiger partial charge in [0.05, 0.1) is 22.5 Å². The molecule has 146 valence electrons. The van der Waals surface area contributed by atoms with Gasteiger partial charge in [-0.05, 0) is 42.2 Å². The number of benzene rings is 1. The van der Waals surface area contributed by atoms with Crippen LogP contribution in [0.4, 0.5) is 0 Å². The summed E-state index contributed by atoms with van der Waals surface area (Å²) < 4.78 is 23.6. The van der Waals surface area contributed by atoms with Gasteiger partial charge in [-0.25, -0.2) is 13.4 Å². The molecule has 1 fully saturated rings. The number of aromatic nitrogens is 3. The number of nitrogens with zero attached hydrogens (tertiary/aromatic N) is 2. The summed E-state index contributed by atoms with van der Waals surface area (Å²) in [5.41, 5.74) is 2.87. The molecule has 0 amide bonds. The van der Waals surface area contributed by atoms with Crippen molar-refractivity contribution in [2.75, 3.05) is 6.26 Å². The van der Waals surface area contributed by atoms with Crippen molar-refractivity contribution in [1.82, 2.24) is 15.0 Å². The molecular weight excluding hydrogens is 370 g/mol. The highest BCUT2D eigenvalue weighted by Gasteiger charge is 2.25. The monoisotopic (exact) mass is 395 g/mol. The second-order valence-corrected chi connectivity index (χ2v) is 9.69. The van der Waals surface area contributed by atoms with Crippen molar-refractivity contribution in [3.8, 4) is 11.4 Å². The fraction of sp³-hybridized carbons (Fsp3) is 0.364.